The van der Waals surface area contributed by atoms with Gasteiger partial charge in [-0.05, 0) is 49.6 Å². The molecule has 0 radical (unpaired) electrons. The first-order valence-corrected chi connectivity index (χ1v) is 7.76. The number of hydrogen-bond acceptors (Lipinski definition) is 2. The van der Waals surface area contributed by atoms with Gasteiger partial charge in [0.05, 0.1) is 0 Å². The van der Waals surface area contributed by atoms with Gasteiger partial charge in [0, 0.05) is 22.9 Å². The number of nitrogens with one attached hydrogen (secondary N) is 1. The van der Waals surface area contributed by atoms with Gasteiger partial charge in [0.1, 0.15) is 0 Å². The summed E-state index contributed by atoms with van der Waals surface area (Å²) in [5, 5.41) is 5.29. The zero-order valence-corrected chi connectivity index (χ0v) is 11.9. The Kier molecular flexibility index (Phi) is 5.20. The van der Waals surface area contributed by atoms with Crippen LogP contribution in [-0.2, 0) is 6.42 Å². The Balaban J connectivity index is 1.72. The van der Waals surface area contributed by atoms with Crippen molar-refractivity contribution in [3.63, 3.8) is 0 Å². The second kappa shape index (κ2) is 6.67. The van der Waals surface area contributed by atoms with Gasteiger partial charge in [-0.25, -0.2) is 0 Å². The van der Waals surface area contributed by atoms with Gasteiger partial charge in [-0.3, -0.25) is 0 Å². The highest BCUT2D eigenvalue weighted by molar-refractivity contribution is 8.00. The Bertz CT molecular complexity index is 333. The molecule has 1 heterocycles. The highest BCUT2D eigenvalue weighted by Gasteiger charge is 2.15. The van der Waals surface area contributed by atoms with Crippen LogP contribution >= 0.6 is 23.4 Å². The average molecular weight is 270 g/mol. The van der Waals surface area contributed by atoms with Gasteiger partial charge >= 0.3 is 0 Å². The number of thioether (sulfide) groups is 1. The Morgan fingerprint density at radius 2 is 2.18 bits per heavy atom. The third-order valence-electron chi connectivity index (χ3n) is 3.17. The van der Waals surface area contributed by atoms with Crippen molar-refractivity contribution in [1.29, 1.82) is 0 Å². The summed E-state index contributed by atoms with van der Waals surface area (Å²) >= 11 is 7.99. The molecular formula is C14H20ClNS. The summed E-state index contributed by atoms with van der Waals surface area (Å²) in [6.45, 7) is 3.41. The van der Waals surface area contributed by atoms with Gasteiger partial charge in [0.15, 0.2) is 0 Å². The number of halogens is 1. The van der Waals surface area contributed by atoms with Crippen molar-refractivity contribution in [1.82, 2.24) is 5.32 Å². The Hall–Kier alpha value is -0.180. The van der Waals surface area contributed by atoms with Crippen molar-refractivity contribution in [2.45, 2.75) is 37.5 Å². The summed E-state index contributed by atoms with van der Waals surface area (Å²) in [4.78, 5) is 0. The third kappa shape index (κ3) is 4.53. The first-order chi connectivity index (χ1) is 8.24. The molecule has 17 heavy (non-hydrogen) atoms. The Morgan fingerprint density at radius 1 is 1.41 bits per heavy atom. The first kappa shape index (κ1) is 13.3. The molecule has 3 heteroatoms. The molecule has 1 aromatic rings. The predicted octanol–water partition coefficient (Wildman–Crippen LogP) is 3.76. The van der Waals surface area contributed by atoms with E-state index in [1.54, 1.807) is 0 Å². The molecule has 1 fully saturated rings. The van der Waals surface area contributed by atoms with Gasteiger partial charge in [0.2, 0.25) is 0 Å². The minimum Gasteiger partial charge on any atom is -0.313 e. The second-order valence-corrected chi connectivity index (χ2v) is 6.62. The summed E-state index contributed by atoms with van der Waals surface area (Å²) in [5.41, 5.74) is 1.36. The van der Waals surface area contributed by atoms with Gasteiger partial charge in [-0.1, -0.05) is 23.7 Å². The maximum absolute atomic E-state index is 5.88. The van der Waals surface area contributed by atoms with E-state index in [0.717, 1.165) is 23.2 Å². The maximum atomic E-state index is 5.88. The van der Waals surface area contributed by atoms with E-state index < -0.39 is 0 Å². The lowest BCUT2D eigenvalue weighted by Gasteiger charge is -2.16. The SMILES string of the molecule is CC(Cc1ccc(Cl)cc1)NCC1CCCS1. The highest BCUT2D eigenvalue weighted by Crippen LogP contribution is 2.25. The molecular weight excluding hydrogens is 250 g/mol. The third-order valence-corrected chi connectivity index (χ3v) is 4.82. The van der Waals surface area contributed by atoms with Crippen LogP contribution in [-0.4, -0.2) is 23.6 Å². The minimum atomic E-state index is 0.539. The molecule has 0 amide bonds. The molecule has 2 rings (SSSR count). The molecule has 94 valence electrons. The van der Waals surface area contributed by atoms with Crippen LogP contribution in [0.5, 0.6) is 0 Å². The van der Waals surface area contributed by atoms with E-state index >= 15 is 0 Å². The minimum absolute atomic E-state index is 0.539. The van der Waals surface area contributed by atoms with E-state index in [-0.39, 0.29) is 0 Å². The highest BCUT2D eigenvalue weighted by atomic mass is 35.5. The first-order valence-electron chi connectivity index (χ1n) is 6.33. The van der Waals surface area contributed by atoms with Gasteiger partial charge in [-0.2, -0.15) is 11.8 Å². The molecule has 1 aliphatic heterocycles. The van der Waals surface area contributed by atoms with Crippen LogP contribution in [0.4, 0.5) is 0 Å². The number of hydrogen-bond donors (Lipinski definition) is 1. The standard InChI is InChI=1S/C14H20ClNS/c1-11(16-10-14-3-2-8-17-14)9-12-4-6-13(15)7-5-12/h4-7,11,14,16H,2-3,8-10H2,1H3. The van der Waals surface area contributed by atoms with E-state index in [1.807, 2.05) is 12.1 Å². The number of rotatable bonds is 5. The normalized spacial score (nSPS) is 21.6. The van der Waals surface area contributed by atoms with Crippen molar-refractivity contribution >= 4 is 23.4 Å². The van der Waals surface area contributed by atoms with E-state index in [0.29, 0.717) is 6.04 Å². The van der Waals surface area contributed by atoms with Crippen molar-refractivity contribution in [3.8, 4) is 0 Å². The molecule has 0 aromatic heterocycles. The second-order valence-electron chi connectivity index (χ2n) is 4.77. The van der Waals surface area contributed by atoms with Crippen LogP contribution in [0, 0.1) is 0 Å². The molecule has 1 nitrogen and oxygen atoms in total. The summed E-state index contributed by atoms with van der Waals surface area (Å²) in [6, 6.07) is 8.71. The molecule has 1 aromatic carbocycles. The van der Waals surface area contributed by atoms with E-state index in [1.165, 1.54) is 24.2 Å². The lowest BCUT2D eigenvalue weighted by atomic mass is 10.1. The average Bonchev–Trinajstić information content (AvgIpc) is 2.83. The monoisotopic (exact) mass is 269 g/mol. The summed E-state index contributed by atoms with van der Waals surface area (Å²) < 4.78 is 0. The molecule has 1 saturated heterocycles. The lowest BCUT2D eigenvalue weighted by molar-refractivity contribution is 0.535. The lowest BCUT2D eigenvalue weighted by Crippen LogP contribution is -2.33. The van der Waals surface area contributed by atoms with Gasteiger partial charge in [-0.15, -0.1) is 0 Å². The molecule has 2 unspecified atom stereocenters. The van der Waals surface area contributed by atoms with Crippen molar-refractivity contribution in [2.24, 2.45) is 0 Å². The van der Waals surface area contributed by atoms with Crippen LogP contribution in [0.2, 0.25) is 5.02 Å². The summed E-state index contributed by atoms with van der Waals surface area (Å²) in [7, 11) is 0. The van der Waals surface area contributed by atoms with Crippen LogP contribution in [0.15, 0.2) is 24.3 Å². The molecule has 0 saturated carbocycles. The molecule has 2 atom stereocenters. The predicted molar refractivity (Wildman–Crippen MR) is 78.1 cm³/mol. The summed E-state index contributed by atoms with van der Waals surface area (Å²) in [5.74, 6) is 1.35. The van der Waals surface area contributed by atoms with Crippen LogP contribution in [0.25, 0.3) is 0 Å². The fraction of sp³-hybridized carbons (Fsp3) is 0.571. The van der Waals surface area contributed by atoms with Crippen LogP contribution in [0.3, 0.4) is 0 Å². The van der Waals surface area contributed by atoms with Gasteiger partial charge in [0.25, 0.3) is 0 Å². The van der Waals surface area contributed by atoms with E-state index in [9.17, 15) is 0 Å². The zero-order valence-electron chi connectivity index (χ0n) is 10.3. The van der Waals surface area contributed by atoms with Crippen molar-refractivity contribution in [3.05, 3.63) is 34.9 Å². The van der Waals surface area contributed by atoms with Crippen molar-refractivity contribution in [2.75, 3.05) is 12.3 Å². The number of benzene rings is 1. The zero-order chi connectivity index (χ0) is 12.1. The van der Waals surface area contributed by atoms with E-state index in [4.69, 9.17) is 11.6 Å². The largest absolute Gasteiger partial charge is 0.313 e. The molecule has 1 N–H and O–H groups in total. The molecule has 0 bridgehead atoms. The smallest absolute Gasteiger partial charge is 0.0406 e. The van der Waals surface area contributed by atoms with Crippen molar-refractivity contribution < 1.29 is 0 Å². The van der Waals surface area contributed by atoms with Crippen LogP contribution < -0.4 is 5.32 Å². The Labute approximate surface area is 113 Å². The van der Waals surface area contributed by atoms with Crippen LogP contribution in [0.1, 0.15) is 25.3 Å². The Morgan fingerprint density at radius 3 is 2.82 bits per heavy atom. The molecule has 1 aliphatic rings. The maximum Gasteiger partial charge on any atom is 0.0406 e. The topological polar surface area (TPSA) is 12.0 Å². The summed E-state index contributed by atoms with van der Waals surface area (Å²) in [6.07, 6.45) is 3.85. The molecule has 0 spiro atoms. The van der Waals surface area contributed by atoms with Gasteiger partial charge < -0.3 is 5.32 Å². The quantitative estimate of drug-likeness (QED) is 0.874. The fourth-order valence-corrected chi connectivity index (χ4v) is 3.52. The fourth-order valence-electron chi connectivity index (χ4n) is 2.18. The molecule has 0 aliphatic carbocycles. The van der Waals surface area contributed by atoms with E-state index in [2.05, 4.69) is 36.1 Å².